The highest BCUT2D eigenvalue weighted by Gasteiger charge is 2.18. The number of thiophene rings is 1. The SMILES string of the molecule is NC1=C(c2cccs2)N(Cl)CNC1. The minimum atomic E-state index is 0.634. The standard InChI is InChI=1S/C8H10ClN3S/c9-12-5-11-4-6(10)8(12)7-2-1-3-13-7/h1-3,11H,4-5,10H2. The van der Waals surface area contributed by atoms with Crippen molar-refractivity contribution < 1.29 is 0 Å². The van der Waals surface area contributed by atoms with E-state index < -0.39 is 0 Å². The number of nitrogens with one attached hydrogen (secondary N) is 1. The average Bonchev–Trinajstić information content (AvgIpc) is 2.57. The number of hydrogen-bond donors (Lipinski definition) is 2. The van der Waals surface area contributed by atoms with E-state index in [2.05, 4.69) is 5.32 Å². The molecule has 0 aromatic carbocycles. The lowest BCUT2D eigenvalue weighted by Gasteiger charge is -2.26. The van der Waals surface area contributed by atoms with Crippen molar-refractivity contribution in [2.45, 2.75) is 0 Å². The Kier molecular flexibility index (Phi) is 2.44. The summed E-state index contributed by atoms with van der Waals surface area (Å²) in [5.74, 6) is 0. The second kappa shape index (κ2) is 3.57. The number of rotatable bonds is 1. The van der Waals surface area contributed by atoms with Crippen LogP contribution in [0.3, 0.4) is 0 Å². The fraction of sp³-hybridized carbons (Fsp3) is 0.250. The van der Waals surface area contributed by atoms with Crippen LogP contribution in [0.25, 0.3) is 5.70 Å². The van der Waals surface area contributed by atoms with Gasteiger partial charge in [0.2, 0.25) is 0 Å². The van der Waals surface area contributed by atoms with Crippen LogP contribution in [0.4, 0.5) is 0 Å². The van der Waals surface area contributed by atoms with Crippen molar-refractivity contribution in [3.8, 4) is 0 Å². The molecule has 0 saturated heterocycles. The third-order valence-corrected chi connectivity index (χ3v) is 3.03. The highest BCUT2D eigenvalue weighted by Crippen LogP contribution is 2.27. The Balaban J connectivity index is 2.39. The lowest BCUT2D eigenvalue weighted by molar-refractivity contribution is 0.514. The Morgan fingerprint density at radius 2 is 2.46 bits per heavy atom. The normalized spacial score (nSPS) is 18.1. The van der Waals surface area contributed by atoms with E-state index in [0.29, 0.717) is 13.2 Å². The third kappa shape index (κ3) is 1.65. The van der Waals surface area contributed by atoms with Crippen LogP contribution in [0, 0.1) is 0 Å². The van der Waals surface area contributed by atoms with E-state index in [-0.39, 0.29) is 0 Å². The minimum absolute atomic E-state index is 0.634. The van der Waals surface area contributed by atoms with Crippen LogP contribution in [-0.2, 0) is 0 Å². The predicted octanol–water partition coefficient (Wildman–Crippen LogP) is 1.39. The summed E-state index contributed by atoms with van der Waals surface area (Å²) in [4.78, 5) is 1.12. The van der Waals surface area contributed by atoms with Crippen molar-refractivity contribution in [2.75, 3.05) is 13.2 Å². The quantitative estimate of drug-likeness (QED) is 0.696. The molecule has 0 amide bonds. The Hall–Kier alpha value is -0.710. The molecule has 1 aliphatic heterocycles. The highest BCUT2D eigenvalue weighted by atomic mass is 35.5. The molecule has 5 heteroatoms. The first-order valence-corrected chi connectivity index (χ1v) is 5.17. The number of hydrogen-bond acceptors (Lipinski definition) is 4. The molecular weight excluding hydrogens is 206 g/mol. The monoisotopic (exact) mass is 215 g/mol. The molecule has 3 N–H and O–H groups in total. The molecule has 1 aromatic rings. The molecule has 0 bridgehead atoms. The van der Waals surface area contributed by atoms with Crippen LogP contribution in [-0.4, -0.2) is 17.6 Å². The Labute approximate surface area is 85.9 Å². The van der Waals surface area contributed by atoms with Gasteiger partial charge in [-0.1, -0.05) is 6.07 Å². The van der Waals surface area contributed by atoms with Gasteiger partial charge in [-0.15, -0.1) is 11.3 Å². The van der Waals surface area contributed by atoms with E-state index in [1.807, 2.05) is 17.5 Å². The van der Waals surface area contributed by atoms with Crippen molar-refractivity contribution in [2.24, 2.45) is 5.73 Å². The lowest BCUT2D eigenvalue weighted by Crippen LogP contribution is -2.37. The van der Waals surface area contributed by atoms with Gasteiger partial charge in [-0.25, -0.2) is 0 Å². The number of halogens is 1. The summed E-state index contributed by atoms with van der Waals surface area (Å²) in [6.45, 7) is 1.34. The fourth-order valence-electron chi connectivity index (χ4n) is 1.30. The van der Waals surface area contributed by atoms with Gasteiger partial charge in [0, 0.05) is 24.0 Å². The molecule has 70 valence electrons. The van der Waals surface area contributed by atoms with Gasteiger partial charge in [-0.3, -0.25) is 9.74 Å². The maximum absolute atomic E-state index is 6.01. The molecule has 2 heterocycles. The van der Waals surface area contributed by atoms with Crippen molar-refractivity contribution >= 4 is 28.8 Å². The second-order valence-electron chi connectivity index (χ2n) is 2.80. The van der Waals surface area contributed by atoms with E-state index in [0.717, 1.165) is 16.3 Å². The van der Waals surface area contributed by atoms with Gasteiger partial charge >= 0.3 is 0 Å². The summed E-state index contributed by atoms with van der Waals surface area (Å²) in [5.41, 5.74) is 7.59. The van der Waals surface area contributed by atoms with Gasteiger partial charge in [-0.05, 0) is 11.4 Å². The zero-order chi connectivity index (χ0) is 9.26. The van der Waals surface area contributed by atoms with Crippen LogP contribution in [0.2, 0.25) is 0 Å². The van der Waals surface area contributed by atoms with Crippen LogP contribution >= 0.6 is 23.1 Å². The Bertz CT molecular complexity index is 320. The smallest absolute Gasteiger partial charge is 0.0911 e. The Morgan fingerprint density at radius 3 is 3.08 bits per heavy atom. The Morgan fingerprint density at radius 1 is 1.62 bits per heavy atom. The molecule has 0 unspecified atom stereocenters. The molecular formula is C8H10ClN3S. The van der Waals surface area contributed by atoms with Gasteiger partial charge in [0.05, 0.1) is 17.2 Å². The van der Waals surface area contributed by atoms with Gasteiger partial charge in [0.25, 0.3) is 0 Å². The molecule has 0 aliphatic carbocycles. The summed E-state index contributed by atoms with van der Waals surface area (Å²) < 4.78 is 1.62. The maximum Gasteiger partial charge on any atom is 0.0911 e. The summed E-state index contributed by atoms with van der Waals surface area (Å²) in [5, 5.41) is 5.11. The van der Waals surface area contributed by atoms with Gasteiger partial charge in [0.15, 0.2) is 0 Å². The van der Waals surface area contributed by atoms with E-state index in [1.165, 1.54) is 0 Å². The molecule has 1 aromatic heterocycles. The van der Waals surface area contributed by atoms with Crippen LogP contribution in [0.15, 0.2) is 23.2 Å². The number of nitrogens with two attached hydrogens (primary N) is 1. The van der Waals surface area contributed by atoms with Crippen molar-refractivity contribution in [1.29, 1.82) is 0 Å². The van der Waals surface area contributed by atoms with Crippen LogP contribution < -0.4 is 11.1 Å². The van der Waals surface area contributed by atoms with E-state index in [1.54, 1.807) is 15.8 Å². The zero-order valence-electron chi connectivity index (χ0n) is 6.96. The van der Waals surface area contributed by atoms with Gasteiger partial charge < -0.3 is 5.73 Å². The second-order valence-corrected chi connectivity index (χ2v) is 4.15. The molecule has 2 rings (SSSR count). The third-order valence-electron chi connectivity index (χ3n) is 1.87. The van der Waals surface area contributed by atoms with Crippen molar-refractivity contribution in [1.82, 2.24) is 9.74 Å². The predicted molar refractivity (Wildman–Crippen MR) is 56.0 cm³/mol. The fourth-order valence-corrected chi connectivity index (χ4v) is 2.45. The summed E-state index contributed by atoms with van der Waals surface area (Å²) >= 11 is 7.65. The molecule has 0 spiro atoms. The van der Waals surface area contributed by atoms with Crippen LogP contribution in [0.5, 0.6) is 0 Å². The molecule has 13 heavy (non-hydrogen) atoms. The first-order valence-electron chi connectivity index (χ1n) is 3.95. The summed E-state index contributed by atoms with van der Waals surface area (Å²) in [7, 11) is 0. The van der Waals surface area contributed by atoms with Crippen LogP contribution in [0.1, 0.15) is 4.88 Å². The molecule has 0 atom stereocenters. The highest BCUT2D eigenvalue weighted by molar-refractivity contribution is 7.11. The van der Waals surface area contributed by atoms with Gasteiger partial charge in [-0.2, -0.15) is 0 Å². The summed E-state index contributed by atoms with van der Waals surface area (Å²) in [6.07, 6.45) is 0. The maximum atomic E-state index is 6.01. The van der Waals surface area contributed by atoms with E-state index >= 15 is 0 Å². The molecule has 0 fully saturated rings. The first-order chi connectivity index (χ1) is 6.29. The zero-order valence-corrected chi connectivity index (χ0v) is 8.53. The molecule has 3 nitrogen and oxygen atoms in total. The molecule has 1 aliphatic rings. The van der Waals surface area contributed by atoms with Gasteiger partial charge in [0.1, 0.15) is 0 Å². The first kappa shape index (κ1) is 8.87. The average molecular weight is 216 g/mol. The summed E-state index contributed by atoms with van der Waals surface area (Å²) in [6, 6.07) is 4.01. The molecule has 0 saturated carbocycles. The largest absolute Gasteiger partial charge is 0.399 e. The van der Waals surface area contributed by atoms with Crippen molar-refractivity contribution in [3.63, 3.8) is 0 Å². The minimum Gasteiger partial charge on any atom is -0.399 e. The van der Waals surface area contributed by atoms with Crippen molar-refractivity contribution in [3.05, 3.63) is 28.1 Å². The number of nitrogens with zero attached hydrogens (tertiary/aromatic N) is 1. The van der Waals surface area contributed by atoms with E-state index in [4.69, 9.17) is 17.5 Å². The molecule has 0 radical (unpaired) electrons. The topological polar surface area (TPSA) is 41.3 Å². The lowest BCUT2D eigenvalue weighted by atomic mass is 10.2. The van der Waals surface area contributed by atoms with E-state index in [9.17, 15) is 0 Å².